The molecule has 20 heavy (non-hydrogen) atoms. The monoisotopic (exact) mass is 273 g/mol. The van der Waals surface area contributed by atoms with Crippen molar-refractivity contribution in [1.82, 2.24) is 4.98 Å². The number of pyridine rings is 1. The van der Waals surface area contributed by atoms with Gasteiger partial charge in [0.05, 0.1) is 0 Å². The second-order valence-electron chi connectivity index (χ2n) is 4.00. The Balaban J connectivity index is 2.16. The second-order valence-corrected chi connectivity index (χ2v) is 4.00. The van der Waals surface area contributed by atoms with Crippen molar-refractivity contribution >= 4 is 12.0 Å². The number of hydrogen-bond acceptors (Lipinski definition) is 3. The number of ether oxygens (including phenoxy) is 1. The lowest BCUT2D eigenvalue weighted by atomic mass is 10.2. The third-order valence-corrected chi connectivity index (χ3v) is 2.49. The van der Waals surface area contributed by atoms with E-state index in [4.69, 9.17) is 9.84 Å². The number of halogens is 1. The van der Waals surface area contributed by atoms with Gasteiger partial charge in [0.25, 0.3) is 0 Å². The Morgan fingerprint density at radius 1 is 1.40 bits per heavy atom. The predicted molar refractivity (Wildman–Crippen MR) is 71.6 cm³/mol. The lowest BCUT2D eigenvalue weighted by molar-refractivity contribution is -0.131. The zero-order valence-corrected chi connectivity index (χ0v) is 10.5. The summed E-state index contributed by atoms with van der Waals surface area (Å²) in [6.07, 6.45) is 5.55. The van der Waals surface area contributed by atoms with Crippen molar-refractivity contribution in [2.45, 2.75) is 6.61 Å². The minimum atomic E-state index is -1.10. The molecule has 2 aromatic rings. The van der Waals surface area contributed by atoms with Crippen molar-refractivity contribution in [3.63, 3.8) is 0 Å². The maximum Gasteiger partial charge on any atom is 0.328 e. The molecule has 0 bridgehead atoms. The fraction of sp³-hybridized carbons (Fsp3) is 0.0667. The molecule has 0 saturated heterocycles. The van der Waals surface area contributed by atoms with Crippen LogP contribution in [0.5, 0.6) is 5.75 Å². The lowest BCUT2D eigenvalue weighted by Crippen LogP contribution is -1.98. The molecule has 0 aliphatic carbocycles. The molecule has 1 N–H and O–H groups in total. The zero-order chi connectivity index (χ0) is 14.4. The van der Waals surface area contributed by atoms with Gasteiger partial charge < -0.3 is 9.84 Å². The summed E-state index contributed by atoms with van der Waals surface area (Å²) in [6.45, 7) is 0.271. The van der Waals surface area contributed by atoms with Crippen molar-refractivity contribution in [1.29, 1.82) is 0 Å². The summed E-state index contributed by atoms with van der Waals surface area (Å²) in [6, 6.07) is 7.58. The molecule has 102 valence electrons. The highest BCUT2D eigenvalue weighted by atomic mass is 19.1. The molecule has 5 heteroatoms. The summed E-state index contributed by atoms with van der Waals surface area (Å²) in [5.41, 5.74) is 1.24. The number of aromatic nitrogens is 1. The molecule has 4 nitrogen and oxygen atoms in total. The highest BCUT2D eigenvalue weighted by Crippen LogP contribution is 2.22. The SMILES string of the molecule is O=C(O)/C=C/c1cc(F)ccc1OCc1cccnc1. The first-order valence-corrected chi connectivity index (χ1v) is 5.87. The summed E-state index contributed by atoms with van der Waals surface area (Å²) in [5, 5.41) is 8.61. The molecule has 0 atom stereocenters. The normalized spacial score (nSPS) is 10.7. The minimum Gasteiger partial charge on any atom is -0.488 e. The highest BCUT2D eigenvalue weighted by molar-refractivity contribution is 5.85. The standard InChI is InChI=1S/C15H12FNO3/c16-13-4-5-14(12(8-13)3-6-15(18)19)20-10-11-2-1-7-17-9-11/h1-9H,10H2,(H,18,19)/b6-3+. The van der Waals surface area contributed by atoms with E-state index in [2.05, 4.69) is 4.98 Å². The fourth-order valence-electron chi connectivity index (χ4n) is 1.59. The van der Waals surface area contributed by atoms with Crippen LogP contribution < -0.4 is 4.74 Å². The summed E-state index contributed by atoms with van der Waals surface area (Å²) in [4.78, 5) is 14.5. The van der Waals surface area contributed by atoms with Crippen molar-refractivity contribution < 1.29 is 19.0 Å². The van der Waals surface area contributed by atoms with Crippen molar-refractivity contribution in [2.75, 3.05) is 0 Å². The first-order valence-electron chi connectivity index (χ1n) is 5.87. The molecule has 0 saturated carbocycles. The largest absolute Gasteiger partial charge is 0.488 e. The minimum absolute atomic E-state index is 0.271. The average Bonchev–Trinajstić information content (AvgIpc) is 2.45. The molecule has 0 radical (unpaired) electrons. The number of carboxylic acids is 1. The van der Waals surface area contributed by atoms with Crippen LogP contribution in [0, 0.1) is 5.82 Å². The Hall–Kier alpha value is -2.69. The molecule has 0 spiro atoms. The second kappa shape index (κ2) is 6.47. The van der Waals surface area contributed by atoms with Crippen LogP contribution in [0.25, 0.3) is 6.08 Å². The Morgan fingerprint density at radius 2 is 2.25 bits per heavy atom. The van der Waals surface area contributed by atoms with Crippen LogP contribution in [0.3, 0.4) is 0 Å². The van der Waals surface area contributed by atoms with Crippen LogP contribution >= 0.6 is 0 Å². The molecule has 0 aliphatic heterocycles. The van der Waals surface area contributed by atoms with E-state index < -0.39 is 11.8 Å². The molecule has 2 rings (SSSR count). The van der Waals surface area contributed by atoms with E-state index in [0.29, 0.717) is 11.3 Å². The summed E-state index contributed by atoms with van der Waals surface area (Å²) in [5.74, 6) is -1.15. The fourth-order valence-corrected chi connectivity index (χ4v) is 1.59. The third-order valence-electron chi connectivity index (χ3n) is 2.49. The van der Waals surface area contributed by atoms with Crippen molar-refractivity contribution in [3.8, 4) is 5.75 Å². The summed E-state index contributed by atoms with van der Waals surface area (Å²) < 4.78 is 18.7. The van der Waals surface area contributed by atoms with Crippen molar-refractivity contribution in [2.24, 2.45) is 0 Å². The first kappa shape index (κ1) is 13.7. The van der Waals surface area contributed by atoms with Gasteiger partial charge in [0.1, 0.15) is 18.2 Å². The van der Waals surface area contributed by atoms with Gasteiger partial charge in [-0.2, -0.15) is 0 Å². The number of carboxylic acid groups (broad SMARTS) is 1. The van der Waals surface area contributed by atoms with Gasteiger partial charge in [0.15, 0.2) is 0 Å². The van der Waals surface area contributed by atoms with Gasteiger partial charge in [-0.3, -0.25) is 4.98 Å². The van der Waals surface area contributed by atoms with Gasteiger partial charge in [-0.15, -0.1) is 0 Å². The van der Waals surface area contributed by atoms with E-state index >= 15 is 0 Å². The summed E-state index contributed by atoms with van der Waals surface area (Å²) >= 11 is 0. The molecule has 1 aromatic heterocycles. The number of rotatable bonds is 5. The number of benzene rings is 1. The van der Waals surface area contributed by atoms with Crippen LogP contribution in [-0.4, -0.2) is 16.1 Å². The van der Waals surface area contributed by atoms with Gasteiger partial charge >= 0.3 is 5.97 Å². The molecule has 0 amide bonds. The van der Waals surface area contributed by atoms with Gasteiger partial charge in [0.2, 0.25) is 0 Å². The van der Waals surface area contributed by atoms with E-state index in [1.807, 2.05) is 6.07 Å². The van der Waals surface area contributed by atoms with Gasteiger partial charge in [-0.05, 0) is 30.3 Å². The average molecular weight is 273 g/mol. The Bertz CT molecular complexity index is 626. The number of hydrogen-bond donors (Lipinski definition) is 1. The first-order chi connectivity index (χ1) is 9.65. The maximum atomic E-state index is 13.2. The maximum absolute atomic E-state index is 13.2. The van der Waals surface area contributed by atoms with Gasteiger partial charge in [-0.1, -0.05) is 6.07 Å². The quantitative estimate of drug-likeness (QED) is 0.851. The number of aliphatic carboxylic acids is 1. The third kappa shape index (κ3) is 3.91. The van der Waals surface area contributed by atoms with Gasteiger partial charge in [0, 0.05) is 29.6 Å². The number of nitrogens with zero attached hydrogens (tertiary/aromatic N) is 1. The topological polar surface area (TPSA) is 59.4 Å². The van der Waals surface area contributed by atoms with Crippen LogP contribution in [0.2, 0.25) is 0 Å². The number of carbonyl (C=O) groups is 1. The molecule has 0 aliphatic rings. The Morgan fingerprint density at radius 3 is 2.95 bits per heavy atom. The van der Waals surface area contributed by atoms with Crippen LogP contribution in [0.15, 0.2) is 48.8 Å². The van der Waals surface area contributed by atoms with E-state index in [1.54, 1.807) is 18.5 Å². The van der Waals surface area contributed by atoms with Crippen LogP contribution in [-0.2, 0) is 11.4 Å². The van der Waals surface area contributed by atoms with E-state index in [9.17, 15) is 9.18 Å². The van der Waals surface area contributed by atoms with E-state index in [1.165, 1.54) is 24.3 Å². The van der Waals surface area contributed by atoms with Crippen LogP contribution in [0.1, 0.15) is 11.1 Å². The van der Waals surface area contributed by atoms with E-state index in [-0.39, 0.29) is 6.61 Å². The Kier molecular flexibility index (Phi) is 4.44. The molecular formula is C15H12FNO3. The van der Waals surface area contributed by atoms with E-state index in [0.717, 1.165) is 11.6 Å². The van der Waals surface area contributed by atoms with Gasteiger partial charge in [-0.25, -0.2) is 9.18 Å². The predicted octanol–water partition coefficient (Wildman–Crippen LogP) is 2.90. The molecule has 0 fully saturated rings. The van der Waals surface area contributed by atoms with Crippen LogP contribution in [0.4, 0.5) is 4.39 Å². The molecule has 1 aromatic carbocycles. The molecular weight excluding hydrogens is 261 g/mol. The molecule has 0 unspecified atom stereocenters. The smallest absolute Gasteiger partial charge is 0.328 e. The summed E-state index contributed by atoms with van der Waals surface area (Å²) in [7, 11) is 0. The van der Waals surface area contributed by atoms with Crippen molar-refractivity contribution in [3.05, 3.63) is 65.7 Å². The highest BCUT2D eigenvalue weighted by Gasteiger charge is 2.04. The Labute approximate surface area is 115 Å². The molecule has 1 heterocycles. The lowest BCUT2D eigenvalue weighted by Gasteiger charge is -2.09. The zero-order valence-electron chi connectivity index (χ0n) is 10.5.